The van der Waals surface area contributed by atoms with Gasteiger partial charge in [0.25, 0.3) is 17.5 Å². The summed E-state index contributed by atoms with van der Waals surface area (Å²) in [5, 5.41) is 31.3. The molecular weight excluding hydrogens is 502 g/mol. The molecule has 1 N–H and O–H groups in total. The number of benzene rings is 3. The fourth-order valence-electron chi connectivity index (χ4n) is 4.15. The summed E-state index contributed by atoms with van der Waals surface area (Å²) in [7, 11) is 0. The van der Waals surface area contributed by atoms with Crippen molar-refractivity contribution in [2.45, 2.75) is 13.8 Å². The molecular formula is C27H23N7O5. The Morgan fingerprint density at radius 3 is 2.28 bits per heavy atom. The lowest BCUT2D eigenvalue weighted by molar-refractivity contribution is -0.384. The molecule has 0 bridgehead atoms. The highest BCUT2D eigenvalue weighted by Crippen LogP contribution is 2.33. The number of carbonyl (C=O) groups excluding carboxylic acids is 3. The number of hydrogen-bond donors (Lipinski definition) is 1. The van der Waals surface area contributed by atoms with E-state index in [1.54, 1.807) is 42.5 Å². The topological polar surface area (TPSA) is 161 Å². The second kappa shape index (κ2) is 11.3. The fraction of sp³-hybridized carbons (Fsp3) is 0.185. The maximum atomic E-state index is 12.7. The van der Waals surface area contributed by atoms with Crippen molar-refractivity contribution in [2.24, 2.45) is 10.2 Å². The van der Waals surface area contributed by atoms with E-state index >= 15 is 0 Å². The van der Waals surface area contributed by atoms with E-state index in [2.05, 4.69) is 15.5 Å². The average Bonchev–Trinajstić information content (AvgIpc) is 3.17. The first-order valence-electron chi connectivity index (χ1n) is 12.0. The van der Waals surface area contributed by atoms with Crippen molar-refractivity contribution in [1.82, 2.24) is 4.90 Å². The fourth-order valence-corrected chi connectivity index (χ4v) is 4.15. The van der Waals surface area contributed by atoms with Crippen LogP contribution in [0.25, 0.3) is 0 Å². The zero-order valence-corrected chi connectivity index (χ0v) is 21.1. The highest BCUT2D eigenvalue weighted by molar-refractivity contribution is 6.21. The molecule has 1 aliphatic rings. The molecule has 1 heterocycles. The molecule has 0 radical (unpaired) electrons. The molecule has 0 aliphatic carbocycles. The number of carbonyl (C=O) groups is 3. The van der Waals surface area contributed by atoms with Gasteiger partial charge < -0.3 is 10.2 Å². The minimum absolute atomic E-state index is 0.0176. The third-order valence-corrected chi connectivity index (χ3v) is 6.09. The number of hydrogen-bond acceptors (Lipinski definition) is 9. The number of nitrogens with one attached hydrogen (secondary N) is 1. The highest BCUT2D eigenvalue weighted by atomic mass is 16.6. The van der Waals surface area contributed by atoms with Gasteiger partial charge in [-0.25, -0.2) is 0 Å². The van der Waals surface area contributed by atoms with Gasteiger partial charge in [0, 0.05) is 44.4 Å². The number of rotatable bonds is 9. The number of azo groups is 1. The Bertz CT molecular complexity index is 1530. The minimum Gasteiger partial charge on any atom is -0.370 e. The Morgan fingerprint density at radius 2 is 1.69 bits per heavy atom. The highest BCUT2D eigenvalue weighted by Gasteiger charge is 2.34. The standard InChI is InChI=1S/C27H23N7O5/c1-3-32(12-13-33-26(36)21-6-4-5-7-22(21)27(33)37)19-8-11-24(25(15-19)29-17(2)35)31-30-23-10-9-20(34(38)39)14-18(23)16-28/h4-11,14-15H,3,12-13H2,1-2H3,(H,29,35). The molecule has 0 saturated heterocycles. The molecule has 39 heavy (non-hydrogen) atoms. The molecule has 3 amide bonds. The Morgan fingerprint density at radius 1 is 1.05 bits per heavy atom. The van der Waals surface area contributed by atoms with Crippen LogP contribution in [0.2, 0.25) is 0 Å². The number of fused-ring (bicyclic) bond motifs is 1. The number of anilines is 2. The smallest absolute Gasteiger partial charge is 0.270 e. The monoisotopic (exact) mass is 525 g/mol. The zero-order valence-electron chi connectivity index (χ0n) is 21.1. The van der Waals surface area contributed by atoms with Crippen LogP contribution in [0.5, 0.6) is 0 Å². The Kier molecular flexibility index (Phi) is 7.72. The van der Waals surface area contributed by atoms with Gasteiger partial charge in [-0.1, -0.05) is 12.1 Å². The molecule has 196 valence electrons. The summed E-state index contributed by atoms with van der Waals surface area (Å²) in [5.41, 5.74) is 2.02. The summed E-state index contributed by atoms with van der Waals surface area (Å²) in [4.78, 5) is 50.9. The van der Waals surface area contributed by atoms with Gasteiger partial charge in [-0.15, -0.1) is 10.2 Å². The lowest BCUT2D eigenvalue weighted by atomic mass is 10.1. The van der Waals surface area contributed by atoms with Gasteiger partial charge in [0.05, 0.1) is 27.3 Å². The molecule has 0 fully saturated rings. The molecule has 4 rings (SSSR count). The van der Waals surface area contributed by atoms with Crippen molar-refractivity contribution in [3.05, 3.63) is 87.5 Å². The summed E-state index contributed by atoms with van der Waals surface area (Å²) in [6.07, 6.45) is 0. The zero-order chi connectivity index (χ0) is 28.1. The third kappa shape index (κ3) is 5.62. The van der Waals surface area contributed by atoms with Crippen LogP contribution in [0, 0.1) is 21.4 Å². The summed E-state index contributed by atoms with van der Waals surface area (Å²) >= 11 is 0. The average molecular weight is 526 g/mol. The van der Waals surface area contributed by atoms with Crippen LogP contribution in [0.4, 0.5) is 28.4 Å². The van der Waals surface area contributed by atoms with Crippen molar-refractivity contribution < 1.29 is 19.3 Å². The van der Waals surface area contributed by atoms with Crippen LogP contribution in [-0.4, -0.2) is 47.2 Å². The maximum Gasteiger partial charge on any atom is 0.270 e. The normalized spacial score (nSPS) is 12.4. The van der Waals surface area contributed by atoms with Gasteiger partial charge in [0.2, 0.25) is 5.91 Å². The van der Waals surface area contributed by atoms with Crippen molar-refractivity contribution >= 4 is 46.2 Å². The van der Waals surface area contributed by atoms with E-state index in [0.29, 0.717) is 41.3 Å². The lowest BCUT2D eigenvalue weighted by Gasteiger charge is -2.26. The van der Waals surface area contributed by atoms with Gasteiger partial charge in [-0.3, -0.25) is 29.4 Å². The predicted molar refractivity (Wildman–Crippen MR) is 142 cm³/mol. The van der Waals surface area contributed by atoms with Crippen LogP contribution in [0.1, 0.15) is 40.1 Å². The van der Waals surface area contributed by atoms with E-state index in [-0.39, 0.29) is 41.2 Å². The SMILES string of the molecule is CCN(CCN1C(=O)c2ccccc2C1=O)c1ccc(N=Nc2ccc([N+](=O)[O-])cc2C#N)c(NC(C)=O)c1. The van der Waals surface area contributed by atoms with E-state index < -0.39 is 4.92 Å². The van der Waals surface area contributed by atoms with Crippen LogP contribution in [0.3, 0.4) is 0 Å². The third-order valence-electron chi connectivity index (χ3n) is 6.09. The molecule has 12 nitrogen and oxygen atoms in total. The number of nitriles is 1. The number of non-ortho nitro benzene ring substituents is 1. The summed E-state index contributed by atoms with van der Waals surface area (Å²) in [6, 6.07) is 17.3. The van der Waals surface area contributed by atoms with Gasteiger partial charge >= 0.3 is 0 Å². The van der Waals surface area contributed by atoms with E-state index in [1.807, 2.05) is 17.9 Å². The minimum atomic E-state index is -0.608. The Balaban J connectivity index is 1.56. The second-order valence-electron chi connectivity index (χ2n) is 8.54. The first kappa shape index (κ1) is 26.6. The molecule has 0 atom stereocenters. The number of amides is 3. The van der Waals surface area contributed by atoms with Crippen LogP contribution in [-0.2, 0) is 4.79 Å². The van der Waals surface area contributed by atoms with Gasteiger partial charge in [-0.2, -0.15) is 5.26 Å². The predicted octanol–water partition coefficient (Wildman–Crippen LogP) is 4.96. The van der Waals surface area contributed by atoms with Crippen LogP contribution < -0.4 is 10.2 Å². The largest absolute Gasteiger partial charge is 0.370 e. The van der Waals surface area contributed by atoms with Gasteiger partial charge in [0.1, 0.15) is 17.4 Å². The Labute approximate surface area is 223 Å². The van der Waals surface area contributed by atoms with Gasteiger partial charge in [-0.05, 0) is 43.3 Å². The van der Waals surface area contributed by atoms with E-state index in [0.717, 1.165) is 6.07 Å². The summed E-state index contributed by atoms with van der Waals surface area (Å²) in [5.74, 6) is -1.00. The van der Waals surface area contributed by atoms with Crippen LogP contribution in [0.15, 0.2) is 70.9 Å². The Hall–Kier alpha value is -5.44. The first-order valence-corrected chi connectivity index (χ1v) is 12.0. The van der Waals surface area contributed by atoms with Gasteiger partial charge in [0.15, 0.2) is 0 Å². The molecule has 0 aromatic heterocycles. The molecule has 3 aromatic carbocycles. The maximum absolute atomic E-state index is 12.7. The number of nitro groups is 1. The number of nitro benzene ring substituents is 1. The number of nitrogens with zero attached hydrogens (tertiary/aromatic N) is 6. The quantitative estimate of drug-likeness (QED) is 0.179. The summed E-state index contributed by atoms with van der Waals surface area (Å²) < 4.78 is 0. The van der Waals surface area contributed by atoms with Crippen molar-refractivity contribution in [1.29, 1.82) is 5.26 Å². The van der Waals surface area contributed by atoms with E-state index in [4.69, 9.17) is 0 Å². The first-order chi connectivity index (χ1) is 18.7. The molecule has 12 heteroatoms. The molecule has 0 unspecified atom stereocenters. The summed E-state index contributed by atoms with van der Waals surface area (Å²) in [6.45, 7) is 4.35. The van der Waals surface area contributed by atoms with Crippen molar-refractivity contribution in [3.8, 4) is 6.07 Å². The molecule has 0 spiro atoms. The van der Waals surface area contributed by atoms with Crippen molar-refractivity contribution in [2.75, 3.05) is 29.9 Å². The second-order valence-corrected chi connectivity index (χ2v) is 8.54. The molecule has 3 aromatic rings. The van der Waals surface area contributed by atoms with E-state index in [1.165, 1.54) is 24.0 Å². The number of likely N-dealkylation sites (N-methyl/N-ethyl adjacent to an activating group) is 1. The molecule has 0 saturated carbocycles. The van der Waals surface area contributed by atoms with E-state index in [9.17, 15) is 29.8 Å². The number of imide groups is 1. The lowest BCUT2D eigenvalue weighted by Crippen LogP contribution is -2.38. The van der Waals surface area contributed by atoms with Crippen molar-refractivity contribution in [3.63, 3.8) is 0 Å². The van der Waals surface area contributed by atoms with Crippen LogP contribution >= 0.6 is 0 Å². The molecule has 1 aliphatic heterocycles.